The number of methoxy groups -OCH3 is 1. The van der Waals surface area contributed by atoms with Gasteiger partial charge >= 0.3 is 0 Å². The summed E-state index contributed by atoms with van der Waals surface area (Å²) in [4.78, 5) is 11.6. The lowest BCUT2D eigenvalue weighted by Gasteiger charge is -2.23. The molecule has 4 nitrogen and oxygen atoms in total. The van der Waals surface area contributed by atoms with Crippen molar-refractivity contribution in [1.29, 1.82) is 0 Å². The van der Waals surface area contributed by atoms with E-state index in [2.05, 4.69) is 19.2 Å². The van der Waals surface area contributed by atoms with Gasteiger partial charge in [-0.05, 0) is 37.6 Å². The lowest BCUT2D eigenvalue weighted by atomic mass is 9.84. The predicted molar refractivity (Wildman–Crippen MR) is 70.8 cm³/mol. The minimum atomic E-state index is 0.146. The lowest BCUT2D eigenvalue weighted by molar-refractivity contribution is -0.121. The average Bonchev–Trinajstić information content (AvgIpc) is 2.26. The van der Waals surface area contributed by atoms with Crippen molar-refractivity contribution in [2.24, 2.45) is 11.1 Å². The van der Waals surface area contributed by atoms with Gasteiger partial charge < -0.3 is 15.8 Å². The van der Waals surface area contributed by atoms with Crippen molar-refractivity contribution in [3.8, 4) is 0 Å². The van der Waals surface area contributed by atoms with Gasteiger partial charge in [0.15, 0.2) is 0 Å². The van der Waals surface area contributed by atoms with Gasteiger partial charge in [0.25, 0.3) is 0 Å². The van der Waals surface area contributed by atoms with Crippen LogP contribution in [0.4, 0.5) is 0 Å². The molecule has 0 rings (SSSR count). The number of hydrogen-bond acceptors (Lipinski definition) is 3. The standard InChI is InChI=1S/C13H28N2O2/c1-13(2,8-9-14)7-6-12(16)15-10-4-5-11-17-3/h4-11,14H2,1-3H3,(H,15,16). The third kappa shape index (κ3) is 10.3. The predicted octanol–water partition coefficient (Wildman–Crippen LogP) is 1.68. The van der Waals surface area contributed by atoms with Crippen molar-refractivity contribution in [2.75, 3.05) is 26.8 Å². The zero-order chi connectivity index (χ0) is 13.1. The molecule has 0 aromatic carbocycles. The third-order valence-corrected chi connectivity index (χ3v) is 2.95. The minimum Gasteiger partial charge on any atom is -0.385 e. The fourth-order valence-electron chi connectivity index (χ4n) is 1.66. The van der Waals surface area contributed by atoms with Crippen molar-refractivity contribution >= 4 is 5.91 Å². The molecule has 0 atom stereocenters. The summed E-state index contributed by atoms with van der Waals surface area (Å²) in [5, 5.41) is 2.93. The first-order chi connectivity index (χ1) is 8.02. The topological polar surface area (TPSA) is 64.3 Å². The monoisotopic (exact) mass is 244 g/mol. The number of carbonyl (C=O) groups excluding carboxylic acids is 1. The molecule has 0 saturated carbocycles. The van der Waals surface area contributed by atoms with Crippen LogP contribution in [0, 0.1) is 5.41 Å². The summed E-state index contributed by atoms with van der Waals surface area (Å²) in [5.74, 6) is 0.146. The van der Waals surface area contributed by atoms with Crippen LogP contribution in [0.3, 0.4) is 0 Å². The minimum absolute atomic E-state index is 0.146. The molecule has 17 heavy (non-hydrogen) atoms. The molecule has 0 saturated heterocycles. The molecule has 0 fully saturated rings. The second-order valence-corrected chi connectivity index (χ2v) is 5.25. The quantitative estimate of drug-likeness (QED) is 0.575. The van der Waals surface area contributed by atoms with E-state index >= 15 is 0 Å². The summed E-state index contributed by atoms with van der Waals surface area (Å²) in [7, 11) is 1.69. The summed E-state index contributed by atoms with van der Waals surface area (Å²) in [6.07, 6.45) is 4.43. The van der Waals surface area contributed by atoms with Crippen LogP contribution in [0.1, 0.15) is 46.0 Å². The Morgan fingerprint density at radius 2 is 2.00 bits per heavy atom. The Balaban J connectivity index is 3.52. The number of nitrogens with two attached hydrogens (primary N) is 1. The van der Waals surface area contributed by atoms with Crippen LogP contribution in [0.15, 0.2) is 0 Å². The lowest BCUT2D eigenvalue weighted by Crippen LogP contribution is -2.27. The fraction of sp³-hybridized carbons (Fsp3) is 0.923. The normalized spacial score (nSPS) is 11.5. The number of nitrogens with one attached hydrogen (secondary N) is 1. The maximum Gasteiger partial charge on any atom is 0.220 e. The molecule has 0 aromatic rings. The zero-order valence-corrected chi connectivity index (χ0v) is 11.6. The Kier molecular flexibility index (Phi) is 9.09. The highest BCUT2D eigenvalue weighted by atomic mass is 16.5. The van der Waals surface area contributed by atoms with Gasteiger partial charge in [0.05, 0.1) is 0 Å². The summed E-state index contributed by atoms with van der Waals surface area (Å²) >= 11 is 0. The first-order valence-electron chi connectivity index (χ1n) is 6.47. The van der Waals surface area contributed by atoms with Crippen LogP contribution < -0.4 is 11.1 Å². The smallest absolute Gasteiger partial charge is 0.220 e. The summed E-state index contributed by atoms with van der Waals surface area (Å²) in [6, 6.07) is 0. The van der Waals surface area contributed by atoms with Gasteiger partial charge in [-0.1, -0.05) is 13.8 Å². The Morgan fingerprint density at radius 3 is 2.59 bits per heavy atom. The van der Waals surface area contributed by atoms with E-state index in [0.717, 1.165) is 38.8 Å². The van der Waals surface area contributed by atoms with Crippen molar-refractivity contribution in [3.05, 3.63) is 0 Å². The van der Waals surface area contributed by atoms with Gasteiger partial charge in [0.1, 0.15) is 0 Å². The number of unbranched alkanes of at least 4 members (excludes halogenated alkanes) is 1. The van der Waals surface area contributed by atoms with E-state index < -0.39 is 0 Å². The van der Waals surface area contributed by atoms with Gasteiger partial charge in [0, 0.05) is 26.7 Å². The summed E-state index contributed by atoms with van der Waals surface area (Å²) in [5.41, 5.74) is 5.70. The molecule has 0 heterocycles. The highest BCUT2D eigenvalue weighted by Gasteiger charge is 2.17. The summed E-state index contributed by atoms with van der Waals surface area (Å²) < 4.78 is 4.94. The molecule has 0 bridgehead atoms. The molecule has 0 spiro atoms. The Bertz CT molecular complexity index is 206. The van der Waals surface area contributed by atoms with E-state index in [1.54, 1.807) is 7.11 Å². The molecule has 102 valence electrons. The van der Waals surface area contributed by atoms with Crippen LogP contribution >= 0.6 is 0 Å². The van der Waals surface area contributed by atoms with Crippen molar-refractivity contribution in [3.63, 3.8) is 0 Å². The highest BCUT2D eigenvalue weighted by Crippen LogP contribution is 2.25. The zero-order valence-electron chi connectivity index (χ0n) is 11.6. The van der Waals surface area contributed by atoms with E-state index in [1.165, 1.54) is 0 Å². The second-order valence-electron chi connectivity index (χ2n) is 5.25. The third-order valence-electron chi connectivity index (χ3n) is 2.95. The van der Waals surface area contributed by atoms with Crippen LogP contribution in [0.2, 0.25) is 0 Å². The van der Waals surface area contributed by atoms with Crippen molar-refractivity contribution in [1.82, 2.24) is 5.32 Å². The van der Waals surface area contributed by atoms with Crippen LogP contribution in [0.25, 0.3) is 0 Å². The van der Waals surface area contributed by atoms with E-state index in [1.807, 2.05) is 0 Å². The van der Waals surface area contributed by atoms with Gasteiger partial charge in [-0.2, -0.15) is 0 Å². The first-order valence-corrected chi connectivity index (χ1v) is 6.47. The Hall–Kier alpha value is -0.610. The number of amides is 1. The van der Waals surface area contributed by atoms with Crippen molar-refractivity contribution in [2.45, 2.75) is 46.0 Å². The van der Waals surface area contributed by atoms with E-state index in [4.69, 9.17) is 10.5 Å². The average molecular weight is 244 g/mol. The molecule has 1 amide bonds. The Labute approximate surface area is 105 Å². The Morgan fingerprint density at radius 1 is 1.29 bits per heavy atom. The SMILES string of the molecule is COCCCCNC(=O)CCC(C)(C)CCN. The summed E-state index contributed by atoms with van der Waals surface area (Å²) in [6.45, 7) is 6.52. The number of ether oxygens (including phenoxy) is 1. The molecule has 3 N–H and O–H groups in total. The van der Waals surface area contributed by atoms with Gasteiger partial charge in [0.2, 0.25) is 5.91 Å². The second kappa shape index (κ2) is 9.42. The molecule has 0 radical (unpaired) electrons. The molecular formula is C13H28N2O2. The molecule has 0 unspecified atom stereocenters. The largest absolute Gasteiger partial charge is 0.385 e. The van der Waals surface area contributed by atoms with E-state index in [0.29, 0.717) is 13.0 Å². The van der Waals surface area contributed by atoms with Crippen LogP contribution in [-0.4, -0.2) is 32.7 Å². The van der Waals surface area contributed by atoms with Gasteiger partial charge in [-0.25, -0.2) is 0 Å². The molecule has 0 aliphatic carbocycles. The molecule has 0 aliphatic heterocycles. The highest BCUT2D eigenvalue weighted by molar-refractivity contribution is 5.75. The number of carbonyl (C=O) groups is 1. The number of hydrogen-bond donors (Lipinski definition) is 2. The molecule has 0 aromatic heterocycles. The maximum atomic E-state index is 11.6. The van der Waals surface area contributed by atoms with Crippen LogP contribution in [-0.2, 0) is 9.53 Å². The van der Waals surface area contributed by atoms with E-state index in [-0.39, 0.29) is 11.3 Å². The number of rotatable bonds is 10. The van der Waals surface area contributed by atoms with Crippen molar-refractivity contribution < 1.29 is 9.53 Å². The van der Waals surface area contributed by atoms with E-state index in [9.17, 15) is 4.79 Å². The van der Waals surface area contributed by atoms with Crippen LogP contribution in [0.5, 0.6) is 0 Å². The van der Waals surface area contributed by atoms with Gasteiger partial charge in [-0.15, -0.1) is 0 Å². The van der Waals surface area contributed by atoms with Gasteiger partial charge in [-0.3, -0.25) is 4.79 Å². The maximum absolute atomic E-state index is 11.6. The fourth-order valence-corrected chi connectivity index (χ4v) is 1.66. The molecule has 0 aliphatic rings. The first kappa shape index (κ1) is 16.4. The molecule has 4 heteroatoms. The molecular weight excluding hydrogens is 216 g/mol.